The van der Waals surface area contributed by atoms with Gasteiger partial charge in [0.15, 0.2) is 0 Å². The van der Waals surface area contributed by atoms with E-state index in [9.17, 15) is 9.59 Å². The van der Waals surface area contributed by atoms with Crippen LogP contribution in [-0.4, -0.2) is 15.5 Å². The van der Waals surface area contributed by atoms with Crippen molar-refractivity contribution in [2.24, 2.45) is 0 Å². The van der Waals surface area contributed by atoms with Crippen molar-refractivity contribution in [1.82, 2.24) is 9.55 Å². The number of amides is 1. The Hall–Kier alpha value is -2.99. The van der Waals surface area contributed by atoms with Gasteiger partial charge in [-0.25, -0.2) is 4.98 Å². The van der Waals surface area contributed by atoms with Gasteiger partial charge in [0.25, 0.3) is 5.56 Å². The lowest BCUT2D eigenvalue weighted by Gasteiger charge is -2.07. The first kappa shape index (κ1) is 16.5. The van der Waals surface area contributed by atoms with Crippen LogP contribution in [0.1, 0.15) is 12.5 Å². The molecule has 2 aromatic heterocycles. The van der Waals surface area contributed by atoms with Crippen LogP contribution in [0, 0.1) is 0 Å². The van der Waals surface area contributed by atoms with Gasteiger partial charge < -0.3 is 5.32 Å². The van der Waals surface area contributed by atoms with Gasteiger partial charge >= 0.3 is 0 Å². The zero-order valence-electron chi connectivity index (χ0n) is 14.2. The van der Waals surface area contributed by atoms with Gasteiger partial charge in [-0.3, -0.25) is 14.2 Å². The molecule has 0 unspecified atom stereocenters. The Bertz CT molecular complexity index is 1160. The molecule has 0 saturated carbocycles. The van der Waals surface area contributed by atoms with Crippen molar-refractivity contribution in [3.8, 4) is 0 Å². The highest BCUT2D eigenvalue weighted by Crippen LogP contribution is 2.29. The number of carbonyl (C=O) groups excluding carboxylic acids is 1. The van der Waals surface area contributed by atoms with Gasteiger partial charge in [0.05, 0.1) is 11.8 Å². The van der Waals surface area contributed by atoms with Crippen molar-refractivity contribution in [2.75, 3.05) is 5.32 Å². The quantitative estimate of drug-likeness (QED) is 0.600. The van der Waals surface area contributed by atoms with Crippen molar-refractivity contribution in [3.63, 3.8) is 0 Å². The number of aromatic nitrogens is 2. The van der Waals surface area contributed by atoms with E-state index in [0.717, 1.165) is 22.2 Å². The molecule has 4 rings (SSSR count). The Balaban J connectivity index is 1.60. The van der Waals surface area contributed by atoms with Gasteiger partial charge in [0, 0.05) is 15.8 Å². The van der Waals surface area contributed by atoms with E-state index in [-0.39, 0.29) is 18.0 Å². The molecule has 4 aromatic rings. The van der Waals surface area contributed by atoms with Crippen LogP contribution in [-0.2, 0) is 17.8 Å². The highest BCUT2D eigenvalue weighted by molar-refractivity contribution is 7.25. The van der Waals surface area contributed by atoms with E-state index in [1.807, 2.05) is 48.5 Å². The summed E-state index contributed by atoms with van der Waals surface area (Å²) in [5.74, 6) is -0.251. The highest BCUT2D eigenvalue weighted by Gasteiger charge is 2.13. The minimum Gasteiger partial charge on any atom is -0.325 e. The summed E-state index contributed by atoms with van der Waals surface area (Å²) in [5.41, 5.74) is 2.44. The summed E-state index contributed by atoms with van der Waals surface area (Å²) in [7, 11) is 0. The van der Waals surface area contributed by atoms with E-state index >= 15 is 0 Å². The van der Waals surface area contributed by atoms with Crippen LogP contribution >= 0.6 is 11.3 Å². The van der Waals surface area contributed by atoms with Gasteiger partial charge in [-0.1, -0.05) is 37.3 Å². The lowest BCUT2D eigenvalue weighted by atomic mass is 10.1. The number of nitrogens with one attached hydrogen (secondary N) is 1. The molecule has 2 heterocycles. The Labute approximate surface area is 153 Å². The SMILES string of the molecule is CCc1ccc(NC(=O)Cn2cnc3c(sc4ccccc43)c2=O)cc1. The molecule has 5 nitrogen and oxygen atoms in total. The summed E-state index contributed by atoms with van der Waals surface area (Å²) in [6.07, 6.45) is 2.40. The summed E-state index contributed by atoms with van der Waals surface area (Å²) in [5, 5.41) is 3.79. The van der Waals surface area contributed by atoms with Gasteiger partial charge in [-0.15, -0.1) is 11.3 Å². The molecule has 0 aliphatic rings. The van der Waals surface area contributed by atoms with Gasteiger partial charge in [0.1, 0.15) is 11.2 Å². The molecule has 0 atom stereocenters. The fourth-order valence-electron chi connectivity index (χ4n) is 2.91. The number of hydrogen-bond acceptors (Lipinski definition) is 4. The van der Waals surface area contributed by atoms with Crippen LogP contribution in [0.25, 0.3) is 20.3 Å². The number of benzene rings is 2. The lowest BCUT2D eigenvalue weighted by Crippen LogP contribution is -2.27. The van der Waals surface area contributed by atoms with Crippen LogP contribution in [0.4, 0.5) is 5.69 Å². The van der Waals surface area contributed by atoms with E-state index in [4.69, 9.17) is 0 Å². The standard InChI is InChI=1S/C20H17N3O2S/c1-2-13-7-9-14(10-8-13)22-17(24)11-23-12-21-18-15-5-3-4-6-16(15)26-19(18)20(23)25/h3-10,12H,2,11H2,1H3,(H,22,24). The van der Waals surface area contributed by atoms with E-state index in [0.29, 0.717) is 10.2 Å². The predicted molar refractivity (Wildman–Crippen MR) is 106 cm³/mol. The Morgan fingerprint density at radius 3 is 2.69 bits per heavy atom. The number of anilines is 1. The largest absolute Gasteiger partial charge is 0.325 e. The van der Waals surface area contributed by atoms with Crippen molar-refractivity contribution in [1.29, 1.82) is 0 Å². The molecule has 0 saturated heterocycles. The average Bonchev–Trinajstić information content (AvgIpc) is 3.04. The lowest BCUT2D eigenvalue weighted by molar-refractivity contribution is -0.116. The molecule has 1 N–H and O–H groups in total. The van der Waals surface area contributed by atoms with Crippen LogP contribution in [0.15, 0.2) is 59.7 Å². The first-order chi connectivity index (χ1) is 12.7. The van der Waals surface area contributed by atoms with Gasteiger partial charge in [0.2, 0.25) is 5.91 Å². The number of thiophene rings is 1. The number of aryl methyl sites for hydroxylation is 1. The van der Waals surface area contributed by atoms with E-state index in [1.165, 1.54) is 27.8 Å². The van der Waals surface area contributed by atoms with Crippen molar-refractivity contribution in [3.05, 3.63) is 70.8 Å². The van der Waals surface area contributed by atoms with Crippen molar-refractivity contribution < 1.29 is 4.79 Å². The fourth-order valence-corrected chi connectivity index (χ4v) is 4.01. The number of carbonyl (C=O) groups is 1. The number of fused-ring (bicyclic) bond motifs is 3. The van der Waals surface area contributed by atoms with Crippen LogP contribution in [0.2, 0.25) is 0 Å². The maximum Gasteiger partial charge on any atom is 0.271 e. The van der Waals surface area contributed by atoms with Crippen LogP contribution in [0.5, 0.6) is 0 Å². The van der Waals surface area contributed by atoms with Gasteiger partial charge in [-0.05, 0) is 30.2 Å². The molecule has 0 fully saturated rings. The molecule has 2 aromatic carbocycles. The van der Waals surface area contributed by atoms with Crippen LogP contribution < -0.4 is 10.9 Å². The molecule has 0 aliphatic heterocycles. The number of rotatable bonds is 4. The molecule has 0 radical (unpaired) electrons. The smallest absolute Gasteiger partial charge is 0.271 e. The molecule has 26 heavy (non-hydrogen) atoms. The molecule has 6 heteroatoms. The average molecular weight is 363 g/mol. The zero-order chi connectivity index (χ0) is 18.1. The Morgan fingerprint density at radius 1 is 1.15 bits per heavy atom. The molecular weight excluding hydrogens is 346 g/mol. The molecule has 130 valence electrons. The van der Waals surface area contributed by atoms with Gasteiger partial charge in [-0.2, -0.15) is 0 Å². The van der Waals surface area contributed by atoms with E-state index < -0.39 is 0 Å². The molecule has 0 aliphatic carbocycles. The molecule has 0 spiro atoms. The monoisotopic (exact) mass is 363 g/mol. The summed E-state index contributed by atoms with van der Waals surface area (Å²) >= 11 is 1.41. The van der Waals surface area contributed by atoms with E-state index in [1.54, 1.807) is 0 Å². The highest BCUT2D eigenvalue weighted by atomic mass is 32.1. The summed E-state index contributed by atoms with van der Waals surface area (Å²) in [6.45, 7) is 2.02. The zero-order valence-corrected chi connectivity index (χ0v) is 15.0. The summed E-state index contributed by atoms with van der Waals surface area (Å²) < 4.78 is 2.95. The Morgan fingerprint density at radius 2 is 1.92 bits per heavy atom. The summed E-state index contributed by atoms with van der Waals surface area (Å²) in [4.78, 5) is 29.4. The third kappa shape index (κ3) is 2.99. The second-order valence-corrected chi connectivity index (χ2v) is 7.10. The van der Waals surface area contributed by atoms with E-state index in [2.05, 4.69) is 17.2 Å². The minimum absolute atomic E-state index is 0.0639. The van der Waals surface area contributed by atoms with Crippen molar-refractivity contribution in [2.45, 2.75) is 19.9 Å². The normalized spacial score (nSPS) is 11.1. The predicted octanol–water partition coefficient (Wildman–Crippen LogP) is 3.81. The molecular formula is C20H17N3O2S. The Kier molecular flexibility index (Phi) is 4.26. The first-order valence-corrected chi connectivity index (χ1v) is 9.23. The molecule has 0 bridgehead atoms. The second kappa shape index (κ2) is 6.72. The number of nitrogens with zero attached hydrogens (tertiary/aromatic N) is 2. The number of hydrogen-bond donors (Lipinski definition) is 1. The third-order valence-corrected chi connectivity index (χ3v) is 5.46. The summed E-state index contributed by atoms with van der Waals surface area (Å²) in [6, 6.07) is 15.5. The fraction of sp³-hybridized carbons (Fsp3) is 0.150. The third-order valence-electron chi connectivity index (χ3n) is 4.31. The van der Waals surface area contributed by atoms with Crippen molar-refractivity contribution >= 4 is 43.2 Å². The first-order valence-electron chi connectivity index (χ1n) is 8.41. The topological polar surface area (TPSA) is 64.0 Å². The van der Waals surface area contributed by atoms with Crippen LogP contribution in [0.3, 0.4) is 0 Å². The second-order valence-electron chi connectivity index (χ2n) is 6.05. The maximum absolute atomic E-state index is 12.7. The maximum atomic E-state index is 12.7. The minimum atomic E-state index is -0.251. The molecule has 1 amide bonds.